The first-order valence-corrected chi connectivity index (χ1v) is 5.93. The van der Waals surface area contributed by atoms with E-state index in [0.717, 1.165) is 5.82 Å². The van der Waals surface area contributed by atoms with Crippen LogP contribution in [0.5, 0.6) is 0 Å². The zero-order valence-corrected chi connectivity index (χ0v) is 9.58. The van der Waals surface area contributed by atoms with Gasteiger partial charge in [0, 0.05) is 18.5 Å². The largest absolute Gasteiger partial charge is 0.384 e. The van der Waals surface area contributed by atoms with E-state index in [4.69, 9.17) is 5.73 Å². The van der Waals surface area contributed by atoms with Crippen molar-refractivity contribution in [3.05, 3.63) is 11.3 Å². The monoisotopic (exact) mass is 205 g/mol. The lowest BCUT2D eigenvalue weighted by atomic mass is 9.88. The van der Waals surface area contributed by atoms with Gasteiger partial charge >= 0.3 is 0 Å². The Hall–Kier alpha value is -0.990. The van der Waals surface area contributed by atoms with Gasteiger partial charge in [0.1, 0.15) is 5.82 Å². The predicted molar refractivity (Wildman–Crippen MR) is 60.6 cm³/mol. The Morgan fingerprint density at radius 3 is 2.67 bits per heavy atom. The lowest BCUT2D eigenvalue weighted by molar-refractivity contribution is 0.451. The normalized spacial score (nSPS) is 27.5. The first-order valence-electron chi connectivity index (χ1n) is 5.93. The maximum absolute atomic E-state index is 5.98. The Morgan fingerprint density at radius 2 is 2.13 bits per heavy atom. The smallest absolute Gasteiger partial charge is 0.124 e. The summed E-state index contributed by atoms with van der Waals surface area (Å²) in [6.45, 7) is 2.12. The quantitative estimate of drug-likeness (QED) is 0.765. The van der Waals surface area contributed by atoms with Crippen molar-refractivity contribution in [2.75, 3.05) is 5.73 Å². The molecule has 2 fully saturated rings. The number of nitrogens with two attached hydrogens (primary N) is 1. The van der Waals surface area contributed by atoms with E-state index in [1.165, 1.54) is 43.4 Å². The standard InChI is InChI=1S/C12H19N3/c1-8-10(14-15(2)11(8)13)9-4-3-5-12(9)6-7-12/h9H,3-7,13H2,1-2H3. The molecule has 0 radical (unpaired) electrons. The summed E-state index contributed by atoms with van der Waals surface area (Å²) < 4.78 is 1.83. The van der Waals surface area contributed by atoms with E-state index in [2.05, 4.69) is 12.0 Å². The molecule has 3 heteroatoms. The summed E-state index contributed by atoms with van der Waals surface area (Å²) in [4.78, 5) is 0. The molecule has 0 aliphatic heterocycles. The fraction of sp³-hybridized carbons (Fsp3) is 0.750. The molecule has 2 aliphatic rings. The van der Waals surface area contributed by atoms with Gasteiger partial charge in [-0.1, -0.05) is 6.42 Å². The van der Waals surface area contributed by atoms with Crippen molar-refractivity contribution in [2.24, 2.45) is 12.5 Å². The van der Waals surface area contributed by atoms with Gasteiger partial charge < -0.3 is 5.73 Å². The number of rotatable bonds is 1. The average Bonchev–Trinajstić information content (AvgIpc) is 2.80. The van der Waals surface area contributed by atoms with Crippen LogP contribution in [0.4, 0.5) is 5.82 Å². The highest BCUT2D eigenvalue weighted by Crippen LogP contribution is 2.65. The average molecular weight is 205 g/mol. The minimum atomic E-state index is 0.631. The van der Waals surface area contributed by atoms with Crippen LogP contribution in [0.15, 0.2) is 0 Å². The molecule has 1 spiro atoms. The fourth-order valence-electron chi connectivity index (χ4n) is 3.32. The van der Waals surface area contributed by atoms with Gasteiger partial charge in [-0.3, -0.25) is 4.68 Å². The molecule has 0 bridgehead atoms. The van der Waals surface area contributed by atoms with E-state index in [-0.39, 0.29) is 0 Å². The van der Waals surface area contributed by atoms with Gasteiger partial charge in [0.2, 0.25) is 0 Å². The summed E-state index contributed by atoms with van der Waals surface area (Å²) in [5, 5.41) is 4.62. The van der Waals surface area contributed by atoms with Crippen molar-refractivity contribution in [3.8, 4) is 0 Å². The van der Waals surface area contributed by atoms with E-state index < -0.39 is 0 Å². The second-order valence-electron chi connectivity index (χ2n) is 5.33. The highest BCUT2D eigenvalue weighted by Gasteiger charge is 2.53. The van der Waals surface area contributed by atoms with Crippen LogP contribution < -0.4 is 5.73 Å². The summed E-state index contributed by atoms with van der Waals surface area (Å²) in [5.41, 5.74) is 9.11. The van der Waals surface area contributed by atoms with Crippen LogP contribution in [0.2, 0.25) is 0 Å². The number of aryl methyl sites for hydroxylation is 1. The Bertz CT molecular complexity index is 401. The molecule has 3 rings (SSSR count). The van der Waals surface area contributed by atoms with Gasteiger partial charge in [-0.05, 0) is 38.0 Å². The molecule has 1 unspecified atom stereocenters. The second-order valence-corrected chi connectivity index (χ2v) is 5.33. The van der Waals surface area contributed by atoms with Crippen LogP contribution in [0.3, 0.4) is 0 Å². The Morgan fingerprint density at radius 1 is 1.40 bits per heavy atom. The number of hydrogen-bond donors (Lipinski definition) is 1. The zero-order chi connectivity index (χ0) is 10.6. The van der Waals surface area contributed by atoms with Gasteiger partial charge in [-0.15, -0.1) is 0 Å². The molecule has 82 valence electrons. The van der Waals surface area contributed by atoms with Crippen molar-refractivity contribution in [1.29, 1.82) is 0 Å². The number of anilines is 1. The summed E-state index contributed by atoms with van der Waals surface area (Å²) in [7, 11) is 1.94. The molecule has 2 saturated carbocycles. The molecule has 0 saturated heterocycles. The molecule has 2 N–H and O–H groups in total. The van der Waals surface area contributed by atoms with E-state index in [1.54, 1.807) is 0 Å². The third kappa shape index (κ3) is 1.15. The van der Waals surface area contributed by atoms with Crippen LogP contribution in [-0.2, 0) is 7.05 Å². The van der Waals surface area contributed by atoms with Crippen LogP contribution in [0, 0.1) is 12.3 Å². The third-order valence-corrected chi connectivity index (χ3v) is 4.50. The summed E-state index contributed by atoms with van der Waals surface area (Å²) in [6, 6.07) is 0. The molecular formula is C12H19N3. The van der Waals surface area contributed by atoms with Crippen LogP contribution >= 0.6 is 0 Å². The molecule has 1 atom stereocenters. The van der Waals surface area contributed by atoms with Crippen molar-refractivity contribution in [2.45, 2.75) is 44.9 Å². The number of nitrogen functional groups attached to an aromatic ring is 1. The summed E-state index contributed by atoms with van der Waals surface area (Å²) in [6.07, 6.45) is 6.92. The first kappa shape index (κ1) is 9.25. The number of aromatic nitrogens is 2. The van der Waals surface area contributed by atoms with Crippen molar-refractivity contribution in [3.63, 3.8) is 0 Å². The summed E-state index contributed by atoms with van der Waals surface area (Å²) >= 11 is 0. The van der Waals surface area contributed by atoms with Crippen molar-refractivity contribution >= 4 is 5.82 Å². The highest BCUT2D eigenvalue weighted by atomic mass is 15.3. The summed E-state index contributed by atoms with van der Waals surface area (Å²) in [5.74, 6) is 1.54. The van der Waals surface area contributed by atoms with E-state index in [1.807, 2.05) is 11.7 Å². The molecule has 0 amide bonds. The highest BCUT2D eigenvalue weighted by molar-refractivity contribution is 5.44. The Labute approximate surface area is 90.7 Å². The van der Waals surface area contributed by atoms with E-state index in [9.17, 15) is 0 Å². The number of hydrogen-bond acceptors (Lipinski definition) is 2. The van der Waals surface area contributed by atoms with Crippen LogP contribution in [-0.4, -0.2) is 9.78 Å². The van der Waals surface area contributed by atoms with Crippen molar-refractivity contribution in [1.82, 2.24) is 9.78 Å². The molecule has 0 aromatic carbocycles. The molecule has 1 aromatic heterocycles. The minimum Gasteiger partial charge on any atom is -0.384 e. The third-order valence-electron chi connectivity index (χ3n) is 4.50. The molecule has 2 aliphatic carbocycles. The predicted octanol–water partition coefficient (Wildman–Crippen LogP) is 2.36. The van der Waals surface area contributed by atoms with Crippen molar-refractivity contribution < 1.29 is 0 Å². The van der Waals surface area contributed by atoms with Gasteiger partial charge in [0.15, 0.2) is 0 Å². The SMILES string of the molecule is Cc1c(C2CCCC23CC3)nn(C)c1N. The van der Waals surface area contributed by atoms with Gasteiger partial charge in [0.05, 0.1) is 5.69 Å². The molecule has 1 aromatic rings. The lowest BCUT2D eigenvalue weighted by Gasteiger charge is -2.16. The molecule has 15 heavy (non-hydrogen) atoms. The lowest BCUT2D eigenvalue weighted by Crippen LogP contribution is -2.08. The fourth-order valence-corrected chi connectivity index (χ4v) is 3.32. The Balaban J connectivity index is 2.02. The van der Waals surface area contributed by atoms with Gasteiger partial charge in [-0.25, -0.2) is 0 Å². The second kappa shape index (κ2) is 2.77. The van der Waals surface area contributed by atoms with E-state index in [0.29, 0.717) is 11.3 Å². The topological polar surface area (TPSA) is 43.8 Å². The van der Waals surface area contributed by atoms with E-state index >= 15 is 0 Å². The Kier molecular flexibility index (Phi) is 1.71. The van der Waals surface area contributed by atoms with Gasteiger partial charge in [0.25, 0.3) is 0 Å². The maximum atomic E-state index is 5.98. The van der Waals surface area contributed by atoms with Crippen LogP contribution in [0.25, 0.3) is 0 Å². The van der Waals surface area contributed by atoms with Crippen LogP contribution in [0.1, 0.15) is 49.3 Å². The molecule has 1 heterocycles. The molecular weight excluding hydrogens is 186 g/mol. The first-order chi connectivity index (χ1) is 7.14. The zero-order valence-electron chi connectivity index (χ0n) is 9.58. The van der Waals surface area contributed by atoms with Gasteiger partial charge in [-0.2, -0.15) is 5.10 Å². The maximum Gasteiger partial charge on any atom is 0.124 e. The number of nitrogens with zero attached hydrogens (tertiary/aromatic N) is 2. The minimum absolute atomic E-state index is 0.631. The molecule has 3 nitrogen and oxygen atoms in total.